The molecular formula is C11H16N2OS. The number of hydrogen-bond acceptors (Lipinski definition) is 3. The third kappa shape index (κ3) is 2.38. The molecule has 1 aromatic heterocycles. The number of amides is 1. The topological polar surface area (TPSA) is 55.1 Å². The Balaban J connectivity index is 1.72. The maximum atomic E-state index is 11.6. The van der Waals surface area contributed by atoms with Gasteiger partial charge in [-0.25, -0.2) is 0 Å². The van der Waals surface area contributed by atoms with E-state index in [9.17, 15) is 4.79 Å². The van der Waals surface area contributed by atoms with Gasteiger partial charge in [0.05, 0.1) is 5.54 Å². The van der Waals surface area contributed by atoms with E-state index in [1.165, 1.54) is 5.56 Å². The monoisotopic (exact) mass is 224 g/mol. The number of nitrogens with one attached hydrogen (secondary N) is 1. The van der Waals surface area contributed by atoms with Gasteiger partial charge in [-0.1, -0.05) is 0 Å². The van der Waals surface area contributed by atoms with Crippen LogP contribution in [-0.2, 0) is 11.2 Å². The van der Waals surface area contributed by atoms with Crippen LogP contribution in [0, 0.1) is 0 Å². The second-order valence-corrected chi connectivity index (χ2v) is 4.93. The van der Waals surface area contributed by atoms with E-state index in [1.807, 2.05) is 5.38 Å². The highest BCUT2D eigenvalue weighted by Crippen LogP contribution is 2.28. The summed E-state index contributed by atoms with van der Waals surface area (Å²) in [5, 5.41) is 7.06. The number of carbonyl (C=O) groups is 1. The molecule has 1 aliphatic carbocycles. The summed E-state index contributed by atoms with van der Waals surface area (Å²) < 4.78 is 0. The molecule has 82 valence electrons. The van der Waals surface area contributed by atoms with Crippen molar-refractivity contribution in [2.24, 2.45) is 5.73 Å². The molecule has 0 radical (unpaired) electrons. The van der Waals surface area contributed by atoms with Crippen molar-refractivity contribution >= 4 is 17.2 Å². The molecule has 4 heteroatoms. The zero-order chi connectivity index (χ0) is 10.7. The zero-order valence-electron chi connectivity index (χ0n) is 8.66. The first kappa shape index (κ1) is 10.6. The largest absolute Gasteiger partial charge is 0.354 e. The maximum Gasteiger partial charge on any atom is 0.240 e. The van der Waals surface area contributed by atoms with Crippen LogP contribution in [-0.4, -0.2) is 18.0 Å². The first-order valence-electron chi connectivity index (χ1n) is 5.29. The summed E-state index contributed by atoms with van der Waals surface area (Å²) in [6, 6.07) is 2.08. The summed E-state index contributed by atoms with van der Waals surface area (Å²) in [5.41, 5.74) is 6.61. The molecule has 0 spiro atoms. The molecule has 15 heavy (non-hydrogen) atoms. The highest BCUT2D eigenvalue weighted by atomic mass is 32.1. The van der Waals surface area contributed by atoms with Crippen LogP contribution in [0.15, 0.2) is 16.8 Å². The fourth-order valence-corrected chi connectivity index (χ4v) is 2.42. The Labute approximate surface area is 93.7 Å². The van der Waals surface area contributed by atoms with Gasteiger partial charge in [0, 0.05) is 6.54 Å². The molecule has 2 rings (SSSR count). The molecule has 0 aliphatic heterocycles. The number of carbonyl (C=O) groups excluding carboxylic acids is 1. The predicted octanol–water partition coefficient (Wildman–Crippen LogP) is 1.29. The van der Waals surface area contributed by atoms with Crippen LogP contribution >= 0.6 is 11.3 Å². The molecule has 1 heterocycles. The minimum Gasteiger partial charge on any atom is -0.354 e. The summed E-state index contributed by atoms with van der Waals surface area (Å²) in [4.78, 5) is 11.6. The second-order valence-electron chi connectivity index (χ2n) is 4.15. The van der Waals surface area contributed by atoms with E-state index in [0.29, 0.717) is 6.54 Å². The van der Waals surface area contributed by atoms with Crippen molar-refractivity contribution in [2.75, 3.05) is 6.54 Å². The fraction of sp³-hybridized carbons (Fsp3) is 0.545. The van der Waals surface area contributed by atoms with Crippen LogP contribution in [0.5, 0.6) is 0 Å². The standard InChI is InChI=1S/C11H16N2OS/c12-11(4-1-5-11)10(14)13-6-2-9-3-7-15-8-9/h3,7-8H,1-2,4-6,12H2,(H,13,14). The van der Waals surface area contributed by atoms with Crippen molar-refractivity contribution in [3.05, 3.63) is 22.4 Å². The number of hydrogen-bond donors (Lipinski definition) is 2. The third-order valence-corrected chi connectivity index (χ3v) is 3.71. The Morgan fingerprint density at radius 3 is 2.93 bits per heavy atom. The fourth-order valence-electron chi connectivity index (χ4n) is 1.72. The minimum absolute atomic E-state index is 0.0176. The minimum atomic E-state index is -0.561. The van der Waals surface area contributed by atoms with Crippen LogP contribution in [0.3, 0.4) is 0 Å². The Morgan fingerprint density at radius 2 is 2.40 bits per heavy atom. The Kier molecular flexibility index (Phi) is 3.07. The van der Waals surface area contributed by atoms with E-state index in [0.717, 1.165) is 25.7 Å². The number of nitrogens with two attached hydrogens (primary N) is 1. The van der Waals surface area contributed by atoms with Crippen molar-refractivity contribution < 1.29 is 4.79 Å². The molecule has 0 unspecified atom stereocenters. The first-order chi connectivity index (χ1) is 7.21. The van der Waals surface area contributed by atoms with Gasteiger partial charge in [0.15, 0.2) is 0 Å². The summed E-state index contributed by atoms with van der Waals surface area (Å²) in [5.74, 6) is 0.0176. The van der Waals surface area contributed by atoms with Gasteiger partial charge in [0.2, 0.25) is 5.91 Å². The Bertz CT molecular complexity index is 330. The van der Waals surface area contributed by atoms with E-state index in [2.05, 4.69) is 16.8 Å². The SMILES string of the molecule is NC1(C(=O)NCCc2ccsc2)CCC1. The van der Waals surface area contributed by atoms with E-state index >= 15 is 0 Å². The molecule has 1 aromatic rings. The predicted molar refractivity (Wildman–Crippen MR) is 61.8 cm³/mol. The van der Waals surface area contributed by atoms with Crippen LogP contribution in [0.4, 0.5) is 0 Å². The second kappa shape index (κ2) is 4.33. The highest BCUT2D eigenvalue weighted by Gasteiger charge is 2.39. The average molecular weight is 224 g/mol. The Morgan fingerprint density at radius 1 is 1.60 bits per heavy atom. The molecule has 0 saturated heterocycles. The molecule has 3 N–H and O–H groups in total. The van der Waals surface area contributed by atoms with E-state index < -0.39 is 5.54 Å². The van der Waals surface area contributed by atoms with Gasteiger partial charge in [-0.15, -0.1) is 0 Å². The van der Waals surface area contributed by atoms with Crippen molar-refractivity contribution in [3.8, 4) is 0 Å². The summed E-state index contributed by atoms with van der Waals surface area (Å²) >= 11 is 1.68. The molecule has 0 atom stereocenters. The quantitative estimate of drug-likeness (QED) is 0.809. The van der Waals surface area contributed by atoms with Crippen LogP contribution < -0.4 is 11.1 Å². The van der Waals surface area contributed by atoms with Gasteiger partial charge in [-0.05, 0) is 48.1 Å². The van der Waals surface area contributed by atoms with Crippen molar-refractivity contribution in [1.82, 2.24) is 5.32 Å². The van der Waals surface area contributed by atoms with Gasteiger partial charge in [0.25, 0.3) is 0 Å². The van der Waals surface area contributed by atoms with Gasteiger partial charge >= 0.3 is 0 Å². The van der Waals surface area contributed by atoms with Gasteiger partial charge < -0.3 is 11.1 Å². The third-order valence-electron chi connectivity index (χ3n) is 2.98. The Hall–Kier alpha value is -0.870. The van der Waals surface area contributed by atoms with E-state index in [4.69, 9.17) is 5.73 Å². The van der Waals surface area contributed by atoms with Crippen molar-refractivity contribution in [1.29, 1.82) is 0 Å². The molecule has 1 aliphatic rings. The molecule has 0 bridgehead atoms. The van der Waals surface area contributed by atoms with Crippen LogP contribution in [0.1, 0.15) is 24.8 Å². The normalized spacial score (nSPS) is 18.2. The van der Waals surface area contributed by atoms with E-state index in [1.54, 1.807) is 11.3 Å². The number of rotatable bonds is 4. The highest BCUT2D eigenvalue weighted by molar-refractivity contribution is 7.07. The van der Waals surface area contributed by atoms with Crippen molar-refractivity contribution in [3.63, 3.8) is 0 Å². The smallest absolute Gasteiger partial charge is 0.240 e. The molecular weight excluding hydrogens is 208 g/mol. The zero-order valence-corrected chi connectivity index (χ0v) is 9.48. The van der Waals surface area contributed by atoms with Gasteiger partial charge in [0.1, 0.15) is 0 Å². The molecule has 3 nitrogen and oxygen atoms in total. The summed E-state index contributed by atoms with van der Waals surface area (Å²) in [6.45, 7) is 0.689. The van der Waals surface area contributed by atoms with E-state index in [-0.39, 0.29) is 5.91 Å². The lowest BCUT2D eigenvalue weighted by atomic mass is 9.77. The summed E-state index contributed by atoms with van der Waals surface area (Å²) in [6.07, 6.45) is 3.63. The van der Waals surface area contributed by atoms with Crippen LogP contribution in [0.2, 0.25) is 0 Å². The maximum absolute atomic E-state index is 11.6. The molecule has 1 fully saturated rings. The van der Waals surface area contributed by atoms with Gasteiger partial charge in [-0.3, -0.25) is 4.79 Å². The molecule has 1 amide bonds. The molecule has 1 saturated carbocycles. The lowest BCUT2D eigenvalue weighted by Crippen LogP contribution is -2.58. The average Bonchev–Trinajstić information content (AvgIpc) is 2.66. The molecule has 0 aromatic carbocycles. The first-order valence-corrected chi connectivity index (χ1v) is 6.23. The van der Waals surface area contributed by atoms with Gasteiger partial charge in [-0.2, -0.15) is 11.3 Å². The summed E-state index contributed by atoms with van der Waals surface area (Å²) in [7, 11) is 0. The lowest BCUT2D eigenvalue weighted by molar-refractivity contribution is -0.129. The van der Waals surface area contributed by atoms with Crippen molar-refractivity contribution in [2.45, 2.75) is 31.2 Å². The van der Waals surface area contributed by atoms with Crippen LogP contribution in [0.25, 0.3) is 0 Å². The number of thiophene rings is 1. The lowest BCUT2D eigenvalue weighted by Gasteiger charge is -2.36.